The maximum atomic E-state index is 6.35. The number of benzene rings is 2. The van der Waals surface area contributed by atoms with E-state index in [1.807, 2.05) is 32.0 Å². The molecule has 0 saturated carbocycles. The number of hydrogen-bond donors (Lipinski definition) is 1. The second-order valence-corrected chi connectivity index (χ2v) is 5.69. The summed E-state index contributed by atoms with van der Waals surface area (Å²) in [5.74, 6) is 1.32. The summed E-state index contributed by atoms with van der Waals surface area (Å²) in [4.78, 5) is 0. The number of nitrogens with one attached hydrogen (secondary N) is 1. The van der Waals surface area contributed by atoms with Crippen LogP contribution < -0.4 is 14.8 Å². The molecule has 0 fully saturated rings. The van der Waals surface area contributed by atoms with E-state index in [-0.39, 0.29) is 6.04 Å². The normalized spacial score (nSPS) is 12.0. The summed E-state index contributed by atoms with van der Waals surface area (Å²) in [5.41, 5.74) is 2.33. The molecule has 2 rings (SSSR count). The maximum Gasteiger partial charge on any atom is 0.179 e. The van der Waals surface area contributed by atoms with Crippen LogP contribution in [0.25, 0.3) is 0 Å². The van der Waals surface area contributed by atoms with Crippen LogP contribution in [0.5, 0.6) is 11.5 Å². The van der Waals surface area contributed by atoms with Crippen molar-refractivity contribution in [2.45, 2.75) is 33.4 Å². The lowest BCUT2D eigenvalue weighted by Gasteiger charge is -2.17. The zero-order chi connectivity index (χ0) is 16.7. The van der Waals surface area contributed by atoms with Crippen molar-refractivity contribution in [1.29, 1.82) is 0 Å². The molecule has 0 aliphatic rings. The van der Waals surface area contributed by atoms with E-state index >= 15 is 0 Å². The average molecular weight is 334 g/mol. The van der Waals surface area contributed by atoms with E-state index in [4.69, 9.17) is 21.1 Å². The second-order valence-electron chi connectivity index (χ2n) is 5.28. The Morgan fingerprint density at radius 2 is 1.74 bits per heavy atom. The fourth-order valence-corrected chi connectivity index (χ4v) is 2.69. The van der Waals surface area contributed by atoms with Gasteiger partial charge in [0.05, 0.1) is 18.2 Å². The lowest BCUT2D eigenvalue weighted by atomic mass is 10.1. The predicted octanol–water partition coefficient (Wildman–Crippen LogP) is 4.99. The number of hydrogen-bond acceptors (Lipinski definition) is 3. The standard InChI is InChI=1S/C19H24ClNO2/c1-4-22-18-12-15(11-17(20)19(18)23-5-2)13-21-14(3)16-9-7-6-8-10-16/h6-12,14,21H,4-5,13H2,1-3H3. The van der Waals surface area contributed by atoms with Crippen LogP contribution >= 0.6 is 11.6 Å². The van der Waals surface area contributed by atoms with E-state index in [0.717, 1.165) is 5.56 Å². The van der Waals surface area contributed by atoms with Crippen LogP contribution in [0.4, 0.5) is 0 Å². The summed E-state index contributed by atoms with van der Waals surface area (Å²) in [6.07, 6.45) is 0. The maximum absolute atomic E-state index is 6.35. The Labute approximate surface area is 143 Å². The molecule has 0 aliphatic carbocycles. The first-order valence-electron chi connectivity index (χ1n) is 8.02. The van der Waals surface area contributed by atoms with Gasteiger partial charge in [-0.15, -0.1) is 0 Å². The topological polar surface area (TPSA) is 30.5 Å². The first-order valence-corrected chi connectivity index (χ1v) is 8.39. The molecule has 0 radical (unpaired) electrons. The molecule has 0 saturated heterocycles. The third kappa shape index (κ3) is 4.88. The van der Waals surface area contributed by atoms with Gasteiger partial charge in [0, 0.05) is 12.6 Å². The first-order chi connectivity index (χ1) is 11.2. The molecule has 0 bridgehead atoms. The minimum absolute atomic E-state index is 0.261. The predicted molar refractivity (Wildman–Crippen MR) is 95.5 cm³/mol. The SMILES string of the molecule is CCOc1cc(CNC(C)c2ccccc2)cc(Cl)c1OCC. The third-order valence-electron chi connectivity index (χ3n) is 3.57. The van der Waals surface area contributed by atoms with Crippen molar-refractivity contribution in [2.75, 3.05) is 13.2 Å². The average Bonchev–Trinajstić information content (AvgIpc) is 2.57. The molecule has 0 aliphatic heterocycles. The molecule has 124 valence electrons. The van der Waals surface area contributed by atoms with E-state index in [1.165, 1.54) is 5.56 Å². The molecule has 2 aromatic rings. The molecule has 0 heterocycles. The lowest BCUT2D eigenvalue weighted by Crippen LogP contribution is -2.18. The van der Waals surface area contributed by atoms with Crippen molar-refractivity contribution < 1.29 is 9.47 Å². The summed E-state index contributed by atoms with van der Waals surface area (Å²) >= 11 is 6.35. The van der Waals surface area contributed by atoms with Gasteiger partial charge in [-0.3, -0.25) is 0 Å². The fraction of sp³-hybridized carbons (Fsp3) is 0.368. The summed E-state index contributed by atoms with van der Waals surface area (Å²) in [7, 11) is 0. The van der Waals surface area contributed by atoms with Crippen LogP contribution in [0.3, 0.4) is 0 Å². The van der Waals surface area contributed by atoms with Gasteiger partial charge in [0.15, 0.2) is 11.5 Å². The van der Waals surface area contributed by atoms with Crippen LogP contribution in [0.15, 0.2) is 42.5 Å². The Morgan fingerprint density at radius 3 is 2.39 bits per heavy atom. The summed E-state index contributed by atoms with van der Waals surface area (Å²) in [6.45, 7) is 7.88. The zero-order valence-electron chi connectivity index (χ0n) is 13.9. The van der Waals surface area contributed by atoms with E-state index in [0.29, 0.717) is 36.3 Å². The molecule has 2 aromatic carbocycles. The molecular formula is C19H24ClNO2. The molecule has 0 aromatic heterocycles. The minimum atomic E-state index is 0.261. The number of ether oxygens (including phenoxy) is 2. The number of rotatable bonds is 8. The van der Waals surface area contributed by atoms with Crippen molar-refractivity contribution >= 4 is 11.6 Å². The highest BCUT2D eigenvalue weighted by Crippen LogP contribution is 2.36. The Morgan fingerprint density at radius 1 is 1.04 bits per heavy atom. The van der Waals surface area contributed by atoms with Gasteiger partial charge in [-0.05, 0) is 44.0 Å². The quantitative estimate of drug-likeness (QED) is 0.738. The van der Waals surface area contributed by atoms with E-state index < -0.39 is 0 Å². The molecule has 1 unspecified atom stereocenters. The first kappa shape index (κ1) is 17.6. The Balaban J connectivity index is 2.10. The van der Waals surface area contributed by atoms with Crippen molar-refractivity contribution in [3.05, 3.63) is 58.6 Å². The van der Waals surface area contributed by atoms with Crippen molar-refractivity contribution in [3.8, 4) is 11.5 Å². The van der Waals surface area contributed by atoms with Crippen LogP contribution in [0.2, 0.25) is 5.02 Å². The Kier molecular flexibility index (Phi) is 6.75. The Bertz CT molecular complexity index is 616. The zero-order valence-corrected chi connectivity index (χ0v) is 14.7. The van der Waals surface area contributed by atoms with Crippen molar-refractivity contribution in [1.82, 2.24) is 5.32 Å². The van der Waals surface area contributed by atoms with Crippen molar-refractivity contribution in [2.24, 2.45) is 0 Å². The fourth-order valence-electron chi connectivity index (χ4n) is 2.40. The minimum Gasteiger partial charge on any atom is -0.490 e. The van der Waals surface area contributed by atoms with Gasteiger partial charge < -0.3 is 14.8 Å². The molecule has 0 spiro atoms. The van der Waals surface area contributed by atoms with Gasteiger partial charge in [-0.1, -0.05) is 41.9 Å². The van der Waals surface area contributed by atoms with Crippen LogP contribution in [0, 0.1) is 0 Å². The van der Waals surface area contributed by atoms with Crippen molar-refractivity contribution in [3.63, 3.8) is 0 Å². The van der Waals surface area contributed by atoms with Gasteiger partial charge in [-0.25, -0.2) is 0 Å². The van der Waals surface area contributed by atoms with Gasteiger partial charge in [0.2, 0.25) is 0 Å². The summed E-state index contributed by atoms with van der Waals surface area (Å²) < 4.78 is 11.3. The van der Waals surface area contributed by atoms with Crippen LogP contribution in [-0.2, 0) is 6.54 Å². The van der Waals surface area contributed by atoms with Gasteiger partial charge in [-0.2, -0.15) is 0 Å². The summed E-state index contributed by atoms with van der Waals surface area (Å²) in [5, 5.41) is 4.09. The highest BCUT2D eigenvalue weighted by atomic mass is 35.5. The Hall–Kier alpha value is -1.71. The van der Waals surface area contributed by atoms with Crippen LogP contribution in [-0.4, -0.2) is 13.2 Å². The largest absolute Gasteiger partial charge is 0.490 e. The highest BCUT2D eigenvalue weighted by molar-refractivity contribution is 6.32. The molecule has 23 heavy (non-hydrogen) atoms. The summed E-state index contributed by atoms with van der Waals surface area (Å²) in [6, 6.07) is 14.5. The van der Waals surface area contributed by atoms with E-state index in [1.54, 1.807) is 0 Å². The smallest absolute Gasteiger partial charge is 0.179 e. The second kappa shape index (κ2) is 8.80. The monoisotopic (exact) mass is 333 g/mol. The highest BCUT2D eigenvalue weighted by Gasteiger charge is 2.13. The molecular weight excluding hydrogens is 310 g/mol. The molecule has 0 amide bonds. The lowest BCUT2D eigenvalue weighted by molar-refractivity contribution is 0.287. The number of halogens is 1. The third-order valence-corrected chi connectivity index (χ3v) is 3.85. The molecule has 1 N–H and O–H groups in total. The van der Waals surface area contributed by atoms with Gasteiger partial charge >= 0.3 is 0 Å². The van der Waals surface area contributed by atoms with Crippen LogP contribution in [0.1, 0.15) is 37.9 Å². The van der Waals surface area contributed by atoms with Gasteiger partial charge in [0.1, 0.15) is 0 Å². The molecule has 4 heteroatoms. The van der Waals surface area contributed by atoms with E-state index in [2.05, 4.69) is 36.5 Å². The van der Waals surface area contributed by atoms with Gasteiger partial charge in [0.25, 0.3) is 0 Å². The molecule has 3 nitrogen and oxygen atoms in total. The van der Waals surface area contributed by atoms with E-state index in [9.17, 15) is 0 Å². The molecule has 1 atom stereocenters.